The van der Waals surface area contributed by atoms with Gasteiger partial charge in [-0.1, -0.05) is 96.8 Å². The van der Waals surface area contributed by atoms with E-state index >= 15 is 0 Å². The topological polar surface area (TPSA) is 69.4 Å². The second-order valence-corrected chi connectivity index (χ2v) is 6.39. The quantitative estimate of drug-likeness (QED) is 0.171. The maximum Gasteiger partial charge on any atom is 1.00 e. The van der Waals surface area contributed by atoms with E-state index in [4.69, 9.17) is 0 Å². The number of hydrogen-bond donors (Lipinski definition) is 0. The predicted octanol–water partition coefficient (Wildman–Crippen LogP) is 3.10. The Morgan fingerprint density at radius 3 is 1.46 bits per heavy atom. The van der Waals surface area contributed by atoms with Crippen molar-refractivity contribution < 1.29 is 67.5 Å². The van der Waals surface area contributed by atoms with Crippen LogP contribution in [0.2, 0.25) is 0 Å². The summed E-state index contributed by atoms with van der Waals surface area (Å²) in [6.07, 6.45) is 19.0. The van der Waals surface area contributed by atoms with Gasteiger partial charge in [-0.25, -0.2) is 4.84 Å². The monoisotopic (exact) mass is 369 g/mol. The van der Waals surface area contributed by atoms with Gasteiger partial charge in [0.25, 0.3) is 0 Å². The van der Waals surface area contributed by atoms with Crippen LogP contribution < -0.4 is 51.4 Å². The van der Waals surface area contributed by atoms with Gasteiger partial charge in [-0.05, 0) is 6.42 Å². The van der Waals surface area contributed by atoms with Crippen molar-refractivity contribution in [3.63, 3.8) is 0 Å². The Bertz CT molecular complexity index is 307. The summed E-state index contributed by atoms with van der Waals surface area (Å²) >= 11 is 0. The van der Waals surface area contributed by atoms with E-state index in [0.717, 1.165) is 12.8 Å². The van der Waals surface area contributed by atoms with Crippen LogP contribution in [0.4, 0.5) is 0 Å². The van der Waals surface area contributed by atoms with Crippen LogP contribution in [0.15, 0.2) is 0 Å². The van der Waals surface area contributed by atoms with Crippen LogP contribution in [0, 0.1) is 10.1 Å². The van der Waals surface area contributed by atoms with E-state index in [0.29, 0.717) is 6.42 Å². The van der Waals surface area contributed by atoms with Crippen LogP contribution in [-0.4, -0.2) is 11.1 Å². The van der Waals surface area contributed by atoms with Crippen molar-refractivity contribution in [1.82, 2.24) is 0 Å². The molecule has 0 radical (unpaired) electrons. The molecule has 5 nitrogen and oxygen atoms in total. The standard InChI is InChI=1S/C18H35NO4.K.H/c1-2-3-4-5-6-7-8-9-10-11-12-13-14-15-16-17-18(20)23-19(21)22;;/h2-17H2,1H3;;/q;+1;-1. The number of carbonyl (C=O) groups is 1. The van der Waals surface area contributed by atoms with Gasteiger partial charge >= 0.3 is 62.4 Å². The van der Waals surface area contributed by atoms with Crippen molar-refractivity contribution >= 4 is 5.97 Å². The van der Waals surface area contributed by atoms with Crippen molar-refractivity contribution in [2.45, 2.75) is 110 Å². The number of carbonyl (C=O) groups excluding carboxylic acids is 1. The Morgan fingerprint density at radius 2 is 1.12 bits per heavy atom. The Labute approximate surface area is 191 Å². The SMILES string of the molecule is CCCCCCCCCCCCCCCCCC(=O)O[N+](=O)[O-].[H-].[K+]. The average molecular weight is 370 g/mol. The summed E-state index contributed by atoms with van der Waals surface area (Å²) in [5, 5.41) is 8.90. The minimum Gasteiger partial charge on any atom is -1.00 e. The summed E-state index contributed by atoms with van der Waals surface area (Å²) in [7, 11) is 0. The molecule has 0 aromatic carbocycles. The molecule has 0 saturated carbocycles. The van der Waals surface area contributed by atoms with Gasteiger partial charge in [0, 0.05) is 6.42 Å². The number of nitrogens with zero attached hydrogens (tertiary/aromatic N) is 1. The zero-order valence-electron chi connectivity index (χ0n) is 16.9. The first-order chi connectivity index (χ1) is 11.2. The first-order valence-corrected chi connectivity index (χ1v) is 9.52. The van der Waals surface area contributed by atoms with E-state index in [1.54, 1.807) is 0 Å². The molecule has 0 heterocycles. The molecule has 0 N–H and O–H groups in total. The average Bonchev–Trinajstić information content (AvgIpc) is 2.50. The third-order valence-corrected chi connectivity index (χ3v) is 4.16. The molecular weight excluding hydrogens is 333 g/mol. The van der Waals surface area contributed by atoms with E-state index in [9.17, 15) is 14.9 Å². The van der Waals surface area contributed by atoms with Crippen LogP contribution >= 0.6 is 0 Å². The Balaban J connectivity index is -0.00000242. The molecule has 0 aromatic heterocycles. The van der Waals surface area contributed by atoms with Crippen LogP contribution in [-0.2, 0) is 9.63 Å². The summed E-state index contributed by atoms with van der Waals surface area (Å²) in [5.41, 5.74) is 0. The molecule has 24 heavy (non-hydrogen) atoms. The Kier molecular flexibility index (Phi) is 24.0. The second-order valence-electron chi connectivity index (χ2n) is 6.39. The number of hydrogen-bond acceptors (Lipinski definition) is 4. The first-order valence-electron chi connectivity index (χ1n) is 9.52. The third kappa shape index (κ3) is 22.5. The zero-order valence-corrected chi connectivity index (χ0v) is 19.0. The van der Waals surface area contributed by atoms with Crippen molar-refractivity contribution in [3.8, 4) is 0 Å². The maximum absolute atomic E-state index is 10.9. The summed E-state index contributed by atoms with van der Waals surface area (Å²) in [4.78, 5) is 24.7. The molecule has 0 saturated heterocycles. The third-order valence-electron chi connectivity index (χ3n) is 4.16. The maximum atomic E-state index is 10.9. The van der Waals surface area contributed by atoms with Crippen LogP contribution in [0.25, 0.3) is 0 Å². The molecule has 0 rings (SSSR count). The van der Waals surface area contributed by atoms with Gasteiger partial charge in [0.05, 0.1) is 0 Å². The van der Waals surface area contributed by atoms with Gasteiger partial charge in [-0.2, -0.15) is 0 Å². The summed E-state index contributed by atoms with van der Waals surface area (Å²) in [5.74, 6) is -0.732. The molecule has 0 aliphatic rings. The minimum absolute atomic E-state index is 0. The van der Waals surface area contributed by atoms with E-state index in [1.165, 1.54) is 77.0 Å². The normalized spacial score (nSPS) is 10.2. The summed E-state index contributed by atoms with van der Waals surface area (Å²) < 4.78 is 0. The van der Waals surface area contributed by atoms with Crippen molar-refractivity contribution in [2.75, 3.05) is 0 Å². The molecule has 6 heteroatoms. The Hall–Kier alpha value is 0.506. The van der Waals surface area contributed by atoms with Crippen molar-refractivity contribution in [2.24, 2.45) is 0 Å². The Morgan fingerprint density at radius 1 is 0.792 bits per heavy atom. The van der Waals surface area contributed by atoms with E-state index in [2.05, 4.69) is 11.8 Å². The summed E-state index contributed by atoms with van der Waals surface area (Å²) in [6.45, 7) is 2.25. The molecule has 0 fully saturated rings. The zero-order chi connectivity index (χ0) is 17.2. The largest absolute Gasteiger partial charge is 1.00 e. The molecule has 0 bridgehead atoms. The fourth-order valence-corrected chi connectivity index (χ4v) is 2.77. The molecular formula is C18H36KNO4. The van der Waals surface area contributed by atoms with Gasteiger partial charge in [-0.15, -0.1) is 10.1 Å². The number of unbranched alkanes of at least 4 members (excludes halogenated alkanes) is 14. The molecule has 0 spiro atoms. The van der Waals surface area contributed by atoms with Gasteiger partial charge in [-0.3, -0.25) is 4.79 Å². The van der Waals surface area contributed by atoms with E-state index in [-0.39, 0.29) is 59.2 Å². The minimum atomic E-state index is -1.03. The van der Waals surface area contributed by atoms with Crippen LogP contribution in [0.5, 0.6) is 0 Å². The fourth-order valence-electron chi connectivity index (χ4n) is 2.77. The molecule has 0 amide bonds. The number of rotatable bonds is 17. The fraction of sp³-hybridized carbons (Fsp3) is 0.944. The van der Waals surface area contributed by atoms with E-state index in [1.807, 2.05) is 0 Å². The van der Waals surface area contributed by atoms with Crippen LogP contribution in [0.1, 0.15) is 111 Å². The first kappa shape index (κ1) is 26.7. The van der Waals surface area contributed by atoms with Gasteiger partial charge < -0.3 is 1.43 Å². The molecule has 0 aliphatic carbocycles. The molecule has 0 aliphatic heterocycles. The smallest absolute Gasteiger partial charge is 1.00 e. The predicted molar refractivity (Wildman–Crippen MR) is 93.7 cm³/mol. The van der Waals surface area contributed by atoms with Crippen LogP contribution in [0.3, 0.4) is 0 Å². The second kappa shape index (κ2) is 21.5. The summed E-state index contributed by atoms with van der Waals surface area (Å²) in [6, 6.07) is 0. The van der Waals surface area contributed by atoms with Gasteiger partial charge in [0.1, 0.15) is 0 Å². The molecule has 0 unspecified atom stereocenters. The van der Waals surface area contributed by atoms with E-state index < -0.39 is 11.1 Å². The molecule has 0 atom stereocenters. The van der Waals surface area contributed by atoms with Gasteiger partial charge in [0.2, 0.25) is 0 Å². The van der Waals surface area contributed by atoms with Crippen molar-refractivity contribution in [1.29, 1.82) is 0 Å². The van der Waals surface area contributed by atoms with Gasteiger partial charge in [0.15, 0.2) is 0 Å². The molecule has 0 aromatic rings. The molecule has 138 valence electrons. The van der Waals surface area contributed by atoms with Crippen molar-refractivity contribution in [3.05, 3.63) is 10.1 Å².